The standard InChI is InChI=1S/C17H19N3O4S2/c1-10-2-3-11-12(7-18)16(26-13(11)6-10)19-14(21)9-24-15(22)8-20-4-5-25-17(20)23/h10H,2-6,8-9H2,1H3,(H,19,21)/t10-/m0/s1. The van der Waals surface area contributed by atoms with Crippen LogP contribution in [0.2, 0.25) is 0 Å². The molecular weight excluding hydrogens is 374 g/mol. The highest BCUT2D eigenvalue weighted by Gasteiger charge is 2.26. The molecule has 0 radical (unpaired) electrons. The molecule has 2 aliphatic rings. The summed E-state index contributed by atoms with van der Waals surface area (Å²) >= 11 is 2.59. The third-order valence-corrected chi connectivity index (χ3v) is 6.47. The minimum Gasteiger partial charge on any atom is -0.454 e. The fourth-order valence-corrected chi connectivity index (χ4v) is 5.24. The minimum atomic E-state index is -0.615. The molecule has 26 heavy (non-hydrogen) atoms. The lowest BCUT2D eigenvalue weighted by Crippen LogP contribution is -2.32. The Morgan fingerprint density at radius 3 is 2.96 bits per heavy atom. The fourth-order valence-electron chi connectivity index (χ4n) is 3.04. The zero-order valence-corrected chi connectivity index (χ0v) is 16.0. The van der Waals surface area contributed by atoms with Crippen LogP contribution in [0.1, 0.15) is 29.3 Å². The van der Waals surface area contributed by atoms with Crippen LogP contribution in [0.4, 0.5) is 9.80 Å². The summed E-state index contributed by atoms with van der Waals surface area (Å²) < 4.78 is 4.95. The number of esters is 1. The van der Waals surface area contributed by atoms with Gasteiger partial charge >= 0.3 is 5.97 Å². The molecule has 1 N–H and O–H groups in total. The lowest BCUT2D eigenvalue weighted by molar-refractivity contribution is -0.147. The van der Waals surface area contributed by atoms with Gasteiger partial charge in [0, 0.05) is 17.2 Å². The van der Waals surface area contributed by atoms with Crippen LogP contribution in [0.25, 0.3) is 0 Å². The Morgan fingerprint density at radius 2 is 2.27 bits per heavy atom. The van der Waals surface area contributed by atoms with Crippen LogP contribution in [0.5, 0.6) is 0 Å². The van der Waals surface area contributed by atoms with Crippen molar-refractivity contribution in [3.63, 3.8) is 0 Å². The highest BCUT2D eigenvalue weighted by atomic mass is 32.2. The number of nitrogens with one attached hydrogen (secondary N) is 1. The molecule has 1 saturated heterocycles. The average molecular weight is 393 g/mol. The van der Waals surface area contributed by atoms with Crippen molar-refractivity contribution in [3.8, 4) is 6.07 Å². The molecule has 0 aromatic carbocycles. The molecule has 2 amide bonds. The first-order valence-corrected chi connectivity index (χ1v) is 10.2. The van der Waals surface area contributed by atoms with E-state index in [2.05, 4.69) is 18.3 Å². The van der Waals surface area contributed by atoms with Crippen LogP contribution in [-0.2, 0) is 27.2 Å². The van der Waals surface area contributed by atoms with Gasteiger partial charge in [0.05, 0.1) is 5.56 Å². The Labute approximate surface area is 159 Å². The van der Waals surface area contributed by atoms with Gasteiger partial charge in [-0.2, -0.15) is 5.26 Å². The third-order valence-electron chi connectivity index (χ3n) is 4.41. The van der Waals surface area contributed by atoms with Crippen LogP contribution in [0, 0.1) is 17.2 Å². The molecule has 1 atom stereocenters. The average Bonchev–Trinajstić information content (AvgIpc) is 3.15. The van der Waals surface area contributed by atoms with E-state index >= 15 is 0 Å². The molecule has 1 aromatic heterocycles. The highest BCUT2D eigenvalue weighted by Crippen LogP contribution is 2.39. The molecule has 1 aliphatic heterocycles. The summed E-state index contributed by atoms with van der Waals surface area (Å²) in [5, 5.41) is 12.5. The quantitative estimate of drug-likeness (QED) is 0.771. The number of ether oxygens (including phenoxy) is 1. The van der Waals surface area contributed by atoms with Gasteiger partial charge in [-0.1, -0.05) is 18.7 Å². The number of rotatable bonds is 5. The van der Waals surface area contributed by atoms with Crippen molar-refractivity contribution in [2.75, 3.05) is 30.8 Å². The Bertz CT molecular complexity index is 784. The van der Waals surface area contributed by atoms with E-state index < -0.39 is 18.5 Å². The highest BCUT2D eigenvalue weighted by molar-refractivity contribution is 8.13. The number of hydrogen-bond acceptors (Lipinski definition) is 7. The molecule has 0 saturated carbocycles. The Balaban J connectivity index is 1.54. The Hall–Kier alpha value is -2.05. The number of thiophene rings is 1. The zero-order chi connectivity index (χ0) is 18.7. The topological polar surface area (TPSA) is 99.5 Å². The number of hydrogen-bond donors (Lipinski definition) is 1. The fraction of sp³-hybridized carbons (Fsp3) is 0.529. The lowest BCUT2D eigenvalue weighted by Gasteiger charge is -2.17. The van der Waals surface area contributed by atoms with Gasteiger partial charge in [0.25, 0.3) is 11.1 Å². The normalized spacial score (nSPS) is 19.0. The number of nitrogens with zero attached hydrogens (tertiary/aromatic N) is 2. The van der Waals surface area contributed by atoms with Crippen molar-refractivity contribution in [3.05, 3.63) is 16.0 Å². The first-order chi connectivity index (χ1) is 12.5. The summed E-state index contributed by atoms with van der Waals surface area (Å²) in [5.41, 5.74) is 1.56. The first-order valence-electron chi connectivity index (χ1n) is 8.39. The molecule has 2 heterocycles. The first kappa shape index (κ1) is 18.7. The second-order valence-electron chi connectivity index (χ2n) is 6.41. The van der Waals surface area contributed by atoms with Gasteiger partial charge in [-0.15, -0.1) is 11.3 Å². The lowest BCUT2D eigenvalue weighted by atomic mass is 9.89. The van der Waals surface area contributed by atoms with Gasteiger partial charge in [0.2, 0.25) is 0 Å². The molecule has 1 aromatic rings. The molecule has 3 rings (SSSR count). The predicted octanol–water partition coefficient (Wildman–Crippen LogP) is 2.40. The summed E-state index contributed by atoms with van der Waals surface area (Å²) in [5.74, 6) is 0.133. The van der Waals surface area contributed by atoms with E-state index in [1.807, 2.05) is 0 Å². The van der Waals surface area contributed by atoms with E-state index in [9.17, 15) is 19.6 Å². The predicted molar refractivity (Wildman–Crippen MR) is 99.2 cm³/mol. The summed E-state index contributed by atoms with van der Waals surface area (Å²) in [6.45, 7) is 2.11. The maximum absolute atomic E-state index is 12.1. The van der Waals surface area contributed by atoms with Gasteiger partial charge in [0.1, 0.15) is 17.6 Å². The number of carbonyl (C=O) groups excluding carboxylic acids is 3. The molecule has 0 spiro atoms. The van der Waals surface area contributed by atoms with E-state index in [0.717, 1.165) is 41.5 Å². The second kappa shape index (κ2) is 8.10. The molecule has 138 valence electrons. The van der Waals surface area contributed by atoms with Crippen molar-refractivity contribution < 1.29 is 19.1 Å². The van der Waals surface area contributed by atoms with Crippen LogP contribution in [-0.4, -0.2) is 47.5 Å². The SMILES string of the molecule is C[C@H]1CCc2c(sc(NC(=O)COC(=O)CN3CCSC3=O)c2C#N)C1. The summed E-state index contributed by atoms with van der Waals surface area (Å²) in [6.07, 6.45) is 2.81. The number of carbonyl (C=O) groups is 3. The monoisotopic (exact) mass is 393 g/mol. The number of thioether (sulfide) groups is 1. The molecule has 1 aliphatic carbocycles. The van der Waals surface area contributed by atoms with Gasteiger partial charge in [-0.3, -0.25) is 14.4 Å². The van der Waals surface area contributed by atoms with Crippen molar-refractivity contribution in [1.82, 2.24) is 4.90 Å². The van der Waals surface area contributed by atoms with Crippen molar-refractivity contribution >= 4 is 45.2 Å². The molecule has 9 heteroatoms. The maximum Gasteiger partial charge on any atom is 0.326 e. The van der Waals surface area contributed by atoms with E-state index in [1.54, 1.807) is 0 Å². The third kappa shape index (κ3) is 4.19. The van der Waals surface area contributed by atoms with Crippen molar-refractivity contribution in [1.29, 1.82) is 5.26 Å². The van der Waals surface area contributed by atoms with E-state index in [0.29, 0.717) is 28.8 Å². The van der Waals surface area contributed by atoms with Gasteiger partial charge in [-0.05, 0) is 30.7 Å². The number of fused-ring (bicyclic) bond motifs is 1. The second-order valence-corrected chi connectivity index (χ2v) is 8.56. The summed E-state index contributed by atoms with van der Waals surface area (Å²) in [4.78, 5) is 37.9. The number of anilines is 1. The Kier molecular flexibility index (Phi) is 5.84. The minimum absolute atomic E-state index is 0.145. The van der Waals surface area contributed by atoms with Gasteiger partial charge in [-0.25, -0.2) is 0 Å². The molecule has 0 bridgehead atoms. The molecule has 1 fully saturated rings. The van der Waals surface area contributed by atoms with Crippen molar-refractivity contribution in [2.45, 2.75) is 26.2 Å². The summed E-state index contributed by atoms with van der Waals surface area (Å²) in [6, 6.07) is 2.18. The molecule has 0 unspecified atom stereocenters. The number of amides is 2. The van der Waals surface area contributed by atoms with Crippen LogP contribution in [0.3, 0.4) is 0 Å². The maximum atomic E-state index is 12.1. The van der Waals surface area contributed by atoms with Crippen LogP contribution >= 0.6 is 23.1 Å². The van der Waals surface area contributed by atoms with Crippen LogP contribution in [0.15, 0.2) is 0 Å². The van der Waals surface area contributed by atoms with E-state index in [1.165, 1.54) is 16.2 Å². The van der Waals surface area contributed by atoms with E-state index in [4.69, 9.17) is 4.74 Å². The van der Waals surface area contributed by atoms with Crippen LogP contribution < -0.4 is 5.32 Å². The number of nitriles is 1. The van der Waals surface area contributed by atoms with Gasteiger partial charge < -0.3 is 15.0 Å². The molecular formula is C17H19N3O4S2. The largest absolute Gasteiger partial charge is 0.454 e. The zero-order valence-electron chi connectivity index (χ0n) is 14.4. The smallest absolute Gasteiger partial charge is 0.326 e. The van der Waals surface area contributed by atoms with Gasteiger partial charge in [0.15, 0.2) is 6.61 Å². The van der Waals surface area contributed by atoms with E-state index in [-0.39, 0.29) is 11.8 Å². The Morgan fingerprint density at radius 1 is 1.46 bits per heavy atom. The summed E-state index contributed by atoms with van der Waals surface area (Å²) in [7, 11) is 0. The van der Waals surface area contributed by atoms with Crippen molar-refractivity contribution in [2.24, 2.45) is 5.92 Å². The molecule has 7 nitrogen and oxygen atoms in total.